The molecule has 0 heterocycles. The summed E-state index contributed by atoms with van der Waals surface area (Å²) in [5.41, 5.74) is 15.5. The Labute approximate surface area is 183 Å². The molecule has 0 aliphatic carbocycles. The molecule has 0 radical (unpaired) electrons. The molecule has 0 saturated heterocycles. The van der Waals surface area contributed by atoms with Crippen molar-refractivity contribution in [1.82, 2.24) is 0 Å². The van der Waals surface area contributed by atoms with Crippen molar-refractivity contribution in [2.75, 3.05) is 0 Å². The smallest absolute Gasteiger partial charge is 0.0708 e. The summed E-state index contributed by atoms with van der Waals surface area (Å²) < 4.78 is 1.69. The van der Waals surface area contributed by atoms with Gasteiger partial charge in [-0.25, -0.2) is 0 Å². The van der Waals surface area contributed by atoms with Crippen LogP contribution >= 0.6 is 36.7 Å². The van der Waals surface area contributed by atoms with Gasteiger partial charge >= 0.3 is 79.8 Å². The van der Waals surface area contributed by atoms with Crippen molar-refractivity contribution >= 4 is 91.5 Å². The van der Waals surface area contributed by atoms with Gasteiger partial charge in [0.1, 0.15) is 0 Å². The largest absolute Gasteiger partial charge is 0.415 e. The van der Waals surface area contributed by atoms with E-state index >= 15 is 0 Å². The Kier molecular flexibility index (Phi) is 24.7. The van der Waals surface area contributed by atoms with Gasteiger partial charge in [-0.1, -0.05) is 13.0 Å². The molecular weight excluding hydrogens is 487 g/mol. The second-order valence-corrected chi connectivity index (χ2v) is 8.16. The summed E-state index contributed by atoms with van der Waals surface area (Å²) in [5.74, 6) is 0. The molecule has 0 aliphatic rings. The topological polar surface area (TPSA) is 78.1 Å². The van der Waals surface area contributed by atoms with Crippen LogP contribution in [-0.4, -0.2) is 13.0 Å². The van der Waals surface area contributed by atoms with Gasteiger partial charge in [-0.15, -0.1) is 0 Å². The van der Waals surface area contributed by atoms with Crippen molar-refractivity contribution in [1.29, 1.82) is 0 Å². The van der Waals surface area contributed by atoms with Crippen LogP contribution in [0.2, 0.25) is 0 Å². The first kappa shape index (κ1) is 28.1. The average molecular weight is 506 g/mol. The van der Waals surface area contributed by atoms with Crippen LogP contribution in [0.5, 0.6) is 0 Å². The Morgan fingerprint density at radius 1 is 0.957 bits per heavy atom. The first-order chi connectivity index (χ1) is 10.5. The van der Waals surface area contributed by atoms with Crippen molar-refractivity contribution in [3.8, 4) is 0 Å². The molecule has 1 aromatic rings. The van der Waals surface area contributed by atoms with Crippen molar-refractivity contribution in [3.05, 3.63) is 29.8 Å². The van der Waals surface area contributed by atoms with Gasteiger partial charge in [-0.3, -0.25) is 0 Å². The number of thiocarbonyl (C=S) groups is 3. The van der Waals surface area contributed by atoms with E-state index in [1.54, 1.807) is 0 Å². The van der Waals surface area contributed by atoms with Gasteiger partial charge in [0.15, 0.2) is 0 Å². The van der Waals surface area contributed by atoms with Crippen molar-refractivity contribution in [2.24, 2.45) is 17.2 Å². The molecule has 128 valence electrons. The van der Waals surface area contributed by atoms with E-state index in [0.717, 1.165) is 0 Å². The molecule has 0 amide bonds. The zero-order chi connectivity index (χ0) is 18.8. The molecule has 10 heteroatoms. The average Bonchev–Trinajstić information content (AvgIpc) is 2.36. The zero-order valence-electron chi connectivity index (χ0n) is 12.5. The molecule has 0 spiro atoms. The fourth-order valence-electron chi connectivity index (χ4n) is 1.08. The summed E-state index contributed by atoms with van der Waals surface area (Å²) >= 11 is 26.9. The second-order valence-electron chi connectivity index (χ2n) is 3.67. The number of nitrogens with two attached hydrogens (primary N) is 3. The Balaban J connectivity index is -0.000000278. The third-order valence-electron chi connectivity index (χ3n) is 1.77. The van der Waals surface area contributed by atoms with Gasteiger partial charge in [0, 0.05) is 0 Å². The first-order valence-electron chi connectivity index (χ1n) is 6.18. The molecule has 6 N–H and O–H groups in total. The van der Waals surface area contributed by atoms with Crippen LogP contribution in [0.15, 0.2) is 24.3 Å². The number of rotatable bonds is 3. The van der Waals surface area contributed by atoms with E-state index in [9.17, 15) is 0 Å². The van der Waals surface area contributed by atoms with Gasteiger partial charge in [-0.2, -0.15) is 0 Å². The van der Waals surface area contributed by atoms with Gasteiger partial charge in [0.25, 0.3) is 0 Å². The Morgan fingerprint density at radius 3 is 1.61 bits per heavy atom. The summed E-state index contributed by atoms with van der Waals surface area (Å²) in [6, 6.07) is 8.65. The van der Waals surface area contributed by atoms with Gasteiger partial charge < -0.3 is 91.7 Å². The first-order valence-corrected chi connectivity index (χ1v) is 9.64. The van der Waals surface area contributed by atoms with E-state index in [1.165, 1.54) is 28.8 Å². The maximum atomic E-state index is 4.66. The van der Waals surface area contributed by atoms with E-state index in [1.807, 2.05) is 0 Å². The number of hydrogen-bond acceptors (Lipinski definition) is 6. The van der Waals surface area contributed by atoms with Gasteiger partial charge in [0.2, 0.25) is 0 Å². The summed E-state index contributed by atoms with van der Waals surface area (Å²) in [6.07, 6.45) is 3.84. The van der Waals surface area contributed by atoms with Crippen LogP contribution in [0.25, 0.3) is 0 Å². The molecule has 0 unspecified atom stereocenters. The molecule has 0 fully saturated rings. The van der Waals surface area contributed by atoms with Crippen LogP contribution in [-0.2, 0) is 64.1 Å². The predicted molar refractivity (Wildman–Crippen MR) is 117 cm³/mol. The summed E-state index contributed by atoms with van der Waals surface area (Å²) in [6.45, 7) is 2.24. The van der Waals surface area contributed by atoms with Gasteiger partial charge in [0.05, 0.1) is 0 Å². The third kappa shape index (κ3) is 39.2. The fourth-order valence-corrected chi connectivity index (χ4v) is 1.69. The van der Waals surface area contributed by atoms with E-state index < -0.39 is 0 Å². The third-order valence-corrected chi connectivity index (χ3v) is 2.75. The molecule has 0 bridgehead atoms. The molecule has 0 aliphatic heterocycles. The normalized spacial score (nSPS) is 7.83. The van der Waals surface area contributed by atoms with Crippen LogP contribution < -0.4 is 21.2 Å². The Bertz CT molecular complexity index is 430. The molecule has 0 aromatic heterocycles. The minimum absolute atomic E-state index is 0.0833. The SMILES string of the molecule is CCCCc1cccc[c]1[Mo+3].NC(=S)[S-].NC(=S)[S-].NC(=S)[S-]. The predicted octanol–water partition coefficient (Wildman–Crippen LogP) is 1.53. The summed E-state index contributed by atoms with van der Waals surface area (Å²) in [4.78, 5) is 0. The molecule has 0 saturated carbocycles. The summed E-state index contributed by atoms with van der Waals surface area (Å²) in [7, 11) is 0. The van der Waals surface area contributed by atoms with E-state index in [-0.39, 0.29) is 13.0 Å². The van der Waals surface area contributed by atoms with E-state index in [4.69, 9.17) is 0 Å². The monoisotopic (exact) mass is 507 g/mol. The fraction of sp³-hybridized carbons (Fsp3) is 0.308. The molecule has 0 atom stereocenters. The number of benzene rings is 1. The standard InChI is InChI=1S/C10H13.3CH3NS2.Mo/c1-2-3-7-10-8-5-4-6-9-10;3*2-1(3)4;/h4-6,8H,2-3,7H2,1H3;3*(H3,2,3,4);/q;;;;+3/p-3. The molecule has 3 nitrogen and oxygen atoms in total. The quantitative estimate of drug-likeness (QED) is 0.322. The van der Waals surface area contributed by atoms with Crippen molar-refractivity contribution < 1.29 is 19.8 Å². The minimum atomic E-state index is 0.0833. The zero-order valence-corrected chi connectivity index (χ0v) is 19.4. The second kappa shape index (κ2) is 20.3. The number of aryl methyl sites for hydroxylation is 1. The van der Waals surface area contributed by atoms with Crippen molar-refractivity contribution in [2.45, 2.75) is 26.2 Å². The van der Waals surface area contributed by atoms with Crippen molar-refractivity contribution in [3.63, 3.8) is 0 Å². The number of unbranched alkanes of at least 4 members (excludes halogenated alkanes) is 1. The summed E-state index contributed by atoms with van der Waals surface area (Å²) in [5, 5.41) is 0. The van der Waals surface area contributed by atoms with Crippen LogP contribution in [0.4, 0.5) is 0 Å². The van der Waals surface area contributed by atoms with E-state index in [2.05, 4.69) is 143 Å². The minimum Gasteiger partial charge on any atom is -0.415 e. The van der Waals surface area contributed by atoms with Gasteiger partial charge in [-0.05, 0) is 0 Å². The molecule has 1 rings (SSSR count). The molecule has 1 aromatic carbocycles. The Morgan fingerprint density at radius 2 is 1.30 bits per heavy atom. The maximum absolute atomic E-state index is 4.66. The molecular formula is C13H19MoN3S6. The Hall–Kier alpha value is 0.238. The maximum Gasteiger partial charge on any atom is -0.0708 e. The number of hydrogen-bond donors (Lipinski definition) is 3. The van der Waals surface area contributed by atoms with E-state index in [0.29, 0.717) is 0 Å². The van der Waals surface area contributed by atoms with Crippen LogP contribution in [0.1, 0.15) is 25.3 Å². The van der Waals surface area contributed by atoms with Crippen LogP contribution in [0, 0.1) is 0 Å². The molecule has 23 heavy (non-hydrogen) atoms. The van der Waals surface area contributed by atoms with Crippen LogP contribution in [0.3, 0.4) is 0 Å².